The zero-order chi connectivity index (χ0) is 21.3. The molecule has 2 heterocycles. The molecule has 1 aromatic heterocycles. The van der Waals surface area contributed by atoms with E-state index in [1.165, 1.54) is 12.5 Å². The molecule has 0 fully saturated rings. The lowest BCUT2D eigenvalue weighted by atomic mass is 10.0. The molecular weight excluding hydrogens is 399 g/mol. The first-order chi connectivity index (χ1) is 13.6. The van der Waals surface area contributed by atoms with Crippen molar-refractivity contribution in [2.24, 2.45) is 5.73 Å². The number of hydrogen-bond donors (Lipinski definition) is 1. The molecule has 156 valence electrons. The Morgan fingerprint density at radius 3 is 2.69 bits per heavy atom. The normalized spacial score (nSPS) is 16.3. The van der Waals surface area contributed by atoms with Gasteiger partial charge >= 0.3 is 6.18 Å². The van der Waals surface area contributed by atoms with Crippen LogP contribution < -0.4 is 5.73 Å². The fourth-order valence-electron chi connectivity index (χ4n) is 3.96. The zero-order valence-corrected chi connectivity index (χ0v) is 17.4. The quantitative estimate of drug-likeness (QED) is 0.637. The van der Waals surface area contributed by atoms with Crippen molar-refractivity contribution in [2.75, 3.05) is 13.6 Å². The summed E-state index contributed by atoms with van der Waals surface area (Å²) in [5, 5.41) is 1.71. The SMILES string of the molecule is C=C(C)/C=C(\C(=C/N)CCn1c2c(c3cc(Cl)ccc31)CN(C)CC2)C(F)(F)F. The summed E-state index contributed by atoms with van der Waals surface area (Å²) in [4.78, 5) is 2.23. The molecule has 0 amide bonds. The van der Waals surface area contributed by atoms with Crippen molar-refractivity contribution < 1.29 is 13.2 Å². The second-order valence-electron chi connectivity index (χ2n) is 7.57. The lowest BCUT2D eigenvalue weighted by Crippen LogP contribution is -2.27. The summed E-state index contributed by atoms with van der Waals surface area (Å²) in [7, 11) is 2.06. The van der Waals surface area contributed by atoms with E-state index in [0.717, 1.165) is 48.4 Å². The average Bonchev–Trinajstić information content (AvgIpc) is 2.92. The smallest absolute Gasteiger partial charge is 0.404 e. The minimum absolute atomic E-state index is 0.0676. The van der Waals surface area contributed by atoms with Gasteiger partial charge in [0, 0.05) is 47.7 Å². The number of aryl methyl sites for hydroxylation is 1. The third kappa shape index (κ3) is 4.54. The summed E-state index contributed by atoms with van der Waals surface area (Å²) in [6, 6.07) is 5.70. The second-order valence-corrected chi connectivity index (χ2v) is 8.01. The van der Waals surface area contributed by atoms with Gasteiger partial charge in [0.15, 0.2) is 0 Å². The van der Waals surface area contributed by atoms with Crippen LogP contribution in [-0.2, 0) is 19.5 Å². The van der Waals surface area contributed by atoms with Gasteiger partial charge in [0.25, 0.3) is 0 Å². The van der Waals surface area contributed by atoms with Crippen LogP contribution >= 0.6 is 11.6 Å². The average molecular weight is 424 g/mol. The van der Waals surface area contributed by atoms with Gasteiger partial charge in [-0.2, -0.15) is 13.2 Å². The van der Waals surface area contributed by atoms with Gasteiger partial charge in [0.1, 0.15) is 0 Å². The molecule has 29 heavy (non-hydrogen) atoms. The van der Waals surface area contributed by atoms with E-state index < -0.39 is 11.7 Å². The molecular formula is C22H25ClF3N3. The highest BCUT2D eigenvalue weighted by molar-refractivity contribution is 6.31. The fraction of sp³-hybridized carbons (Fsp3) is 0.364. The van der Waals surface area contributed by atoms with Crippen molar-refractivity contribution in [2.45, 2.75) is 39.0 Å². The molecule has 0 atom stereocenters. The number of halogens is 4. The number of rotatable bonds is 5. The Morgan fingerprint density at radius 1 is 1.34 bits per heavy atom. The Labute approximate surface area is 173 Å². The van der Waals surface area contributed by atoms with Crippen molar-refractivity contribution in [1.29, 1.82) is 0 Å². The van der Waals surface area contributed by atoms with Crippen molar-refractivity contribution in [3.8, 4) is 0 Å². The van der Waals surface area contributed by atoms with Crippen LogP contribution in [0.2, 0.25) is 5.02 Å². The monoisotopic (exact) mass is 423 g/mol. The van der Waals surface area contributed by atoms with Crippen LogP contribution in [0.4, 0.5) is 13.2 Å². The summed E-state index contributed by atoms with van der Waals surface area (Å²) in [6.07, 6.45) is -1.36. The summed E-state index contributed by atoms with van der Waals surface area (Å²) < 4.78 is 42.8. The maximum atomic E-state index is 13.6. The van der Waals surface area contributed by atoms with Crippen LogP contribution in [0, 0.1) is 0 Å². The van der Waals surface area contributed by atoms with Gasteiger partial charge in [0.2, 0.25) is 0 Å². The maximum Gasteiger partial charge on any atom is 0.416 e. The van der Waals surface area contributed by atoms with E-state index in [9.17, 15) is 13.2 Å². The second kappa shape index (κ2) is 8.28. The van der Waals surface area contributed by atoms with E-state index in [1.54, 1.807) is 0 Å². The molecule has 0 unspecified atom stereocenters. The molecule has 3 nitrogen and oxygen atoms in total. The standard InChI is InChI=1S/C22H25ClF3N3/c1-14(2)10-19(22(24,25)26)15(12-27)6-9-29-20-5-4-16(23)11-17(20)18-13-28(3)8-7-21(18)29/h4-5,10-12H,1,6-9,13,27H2,2-3H3/b15-12-,19-10+. The summed E-state index contributed by atoms with van der Waals surface area (Å²) >= 11 is 6.21. The summed E-state index contributed by atoms with van der Waals surface area (Å²) in [6.45, 7) is 7.22. The summed E-state index contributed by atoms with van der Waals surface area (Å²) in [5.74, 6) is 0. The molecule has 0 radical (unpaired) electrons. The topological polar surface area (TPSA) is 34.2 Å². The number of alkyl halides is 3. The molecule has 0 bridgehead atoms. The van der Waals surface area contributed by atoms with Crippen LogP contribution in [0.1, 0.15) is 24.6 Å². The number of aromatic nitrogens is 1. The van der Waals surface area contributed by atoms with Crippen molar-refractivity contribution in [1.82, 2.24) is 9.47 Å². The largest absolute Gasteiger partial charge is 0.416 e. The van der Waals surface area contributed by atoms with Gasteiger partial charge in [-0.1, -0.05) is 23.8 Å². The minimum Gasteiger partial charge on any atom is -0.404 e. The number of fused-ring (bicyclic) bond motifs is 3. The van der Waals surface area contributed by atoms with Gasteiger partial charge in [-0.3, -0.25) is 0 Å². The van der Waals surface area contributed by atoms with Crippen LogP contribution in [0.25, 0.3) is 10.9 Å². The number of nitrogens with two attached hydrogens (primary N) is 1. The van der Waals surface area contributed by atoms with E-state index >= 15 is 0 Å². The Bertz CT molecular complexity index is 999. The number of benzene rings is 1. The highest BCUT2D eigenvalue weighted by Gasteiger charge is 2.35. The van der Waals surface area contributed by atoms with Gasteiger partial charge in [0.05, 0.1) is 5.57 Å². The van der Waals surface area contributed by atoms with Crippen LogP contribution in [0.3, 0.4) is 0 Å². The third-order valence-electron chi connectivity index (χ3n) is 5.26. The lowest BCUT2D eigenvalue weighted by Gasteiger charge is -2.24. The molecule has 0 aliphatic carbocycles. The number of hydrogen-bond acceptors (Lipinski definition) is 2. The molecule has 7 heteroatoms. The Hall–Kier alpha value is -2.18. The molecule has 3 rings (SSSR count). The number of allylic oxidation sites excluding steroid dienone is 4. The molecule has 0 spiro atoms. The van der Waals surface area contributed by atoms with E-state index in [2.05, 4.69) is 23.1 Å². The third-order valence-corrected chi connectivity index (χ3v) is 5.49. The molecule has 1 aromatic carbocycles. The predicted molar refractivity (Wildman–Crippen MR) is 113 cm³/mol. The molecule has 2 aromatic rings. The van der Waals surface area contributed by atoms with Gasteiger partial charge < -0.3 is 15.2 Å². The van der Waals surface area contributed by atoms with E-state index in [4.69, 9.17) is 17.3 Å². The highest BCUT2D eigenvalue weighted by atomic mass is 35.5. The van der Waals surface area contributed by atoms with Gasteiger partial charge in [-0.05, 0) is 62.0 Å². The molecule has 1 aliphatic rings. The molecule has 2 N–H and O–H groups in total. The Kier molecular flexibility index (Phi) is 6.15. The van der Waals surface area contributed by atoms with Gasteiger partial charge in [-0.25, -0.2) is 0 Å². The van der Waals surface area contributed by atoms with E-state index in [0.29, 0.717) is 17.1 Å². The first kappa shape index (κ1) is 21.5. The Balaban J connectivity index is 1.99. The number of likely N-dealkylation sites (N-methyl/N-ethyl adjacent to an activating group) is 1. The highest BCUT2D eigenvalue weighted by Crippen LogP contribution is 2.36. The van der Waals surface area contributed by atoms with Crippen molar-refractivity contribution in [3.05, 3.63) is 70.1 Å². The van der Waals surface area contributed by atoms with Crippen LogP contribution in [0.15, 0.2) is 53.8 Å². The van der Waals surface area contributed by atoms with E-state index in [-0.39, 0.29) is 12.0 Å². The van der Waals surface area contributed by atoms with Crippen molar-refractivity contribution in [3.63, 3.8) is 0 Å². The minimum atomic E-state index is -4.49. The number of nitrogens with zero attached hydrogens (tertiary/aromatic N) is 2. The van der Waals surface area contributed by atoms with Crippen LogP contribution in [-0.4, -0.2) is 29.2 Å². The van der Waals surface area contributed by atoms with E-state index in [1.807, 2.05) is 18.2 Å². The molecule has 0 saturated heterocycles. The van der Waals surface area contributed by atoms with Gasteiger partial charge in [-0.15, -0.1) is 0 Å². The Morgan fingerprint density at radius 2 is 2.07 bits per heavy atom. The lowest BCUT2D eigenvalue weighted by molar-refractivity contribution is -0.0896. The molecule has 0 saturated carbocycles. The van der Waals surface area contributed by atoms with Crippen molar-refractivity contribution >= 4 is 22.5 Å². The van der Waals surface area contributed by atoms with Crippen LogP contribution in [0.5, 0.6) is 0 Å². The summed E-state index contributed by atoms with van der Waals surface area (Å²) in [5.41, 5.74) is 8.62. The zero-order valence-electron chi connectivity index (χ0n) is 16.6. The fourth-order valence-corrected chi connectivity index (χ4v) is 4.13. The first-order valence-corrected chi connectivity index (χ1v) is 9.83. The molecule has 1 aliphatic heterocycles. The maximum absolute atomic E-state index is 13.6. The first-order valence-electron chi connectivity index (χ1n) is 9.45. The predicted octanol–water partition coefficient (Wildman–Crippen LogP) is 5.58.